The maximum absolute atomic E-state index is 12.1. The topological polar surface area (TPSA) is 125 Å². The highest BCUT2D eigenvalue weighted by Gasteiger charge is 2.30. The number of rotatable bonds is 11. The van der Waals surface area contributed by atoms with E-state index >= 15 is 0 Å². The van der Waals surface area contributed by atoms with Gasteiger partial charge in [0.1, 0.15) is 6.61 Å². The minimum absolute atomic E-state index is 0.0172. The number of ether oxygens (including phenoxy) is 1. The zero-order valence-corrected chi connectivity index (χ0v) is 18.7. The van der Waals surface area contributed by atoms with Crippen molar-refractivity contribution in [3.05, 3.63) is 59.7 Å². The number of amides is 2. The predicted molar refractivity (Wildman–Crippen MR) is 123 cm³/mol. The molecular formula is C25H30N2O6. The number of alkyl carbamates (subject to hydrolysis) is 1. The van der Waals surface area contributed by atoms with E-state index < -0.39 is 17.7 Å². The van der Waals surface area contributed by atoms with E-state index in [1.807, 2.05) is 24.3 Å². The molecule has 2 aromatic carbocycles. The van der Waals surface area contributed by atoms with Gasteiger partial charge >= 0.3 is 12.1 Å². The van der Waals surface area contributed by atoms with Crippen molar-refractivity contribution in [2.24, 2.45) is 0 Å². The molecule has 0 heterocycles. The number of fused-ring (bicyclic) bond motifs is 3. The van der Waals surface area contributed by atoms with E-state index in [4.69, 9.17) is 9.84 Å². The number of benzene rings is 2. The highest BCUT2D eigenvalue weighted by Crippen LogP contribution is 2.44. The van der Waals surface area contributed by atoms with Gasteiger partial charge in [-0.2, -0.15) is 0 Å². The van der Waals surface area contributed by atoms with E-state index in [1.165, 1.54) is 11.1 Å². The Labute approximate surface area is 193 Å². The summed E-state index contributed by atoms with van der Waals surface area (Å²) < 4.78 is 5.48. The van der Waals surface area contributed by atoms with Gasteiger partial charge in [-0.15, -0.1) is 0 Å². The summed E-state index contributed by atoms with van der Waals surface area (Å²) in [5, 5.41) is 23.5. The molecule has 0 fully saturated rings. The first-order valence-electron chi connectivity index (χ1n) is 11.1. The second-order valence-corrected chi connectivity index (χ2v) is 8.42. The number of aliphatic hydroxyl groups is 1. The summed E-state index contributed by atoms with van der Waals surface area (Å²) in [6, 6.07) is 16.3. The van der Waals surface area contributed by atoms with Crippen LogP contribution in [0, 0.1) is 0 Å². The molecule has 2 aromatic rings. The van der Waals surface area contributed by atoms with Gasteiger partial charge in [0.25, 0.3) is 0 Å². The Hall–Kier alpha value is -3.39. The third-order valence-electron chi connectivity index (χ3n) is 5.78. The average molecular weight is 455 g/mol. The summed E-state index contributed by atoms with van der Waals surface area (Å²) in [5.74, 6) is -1.69. The second kappa shape index (κ2) is 11.0. The molecule has 2 amide bonds. The highest BCUT2D eigenvalue weighted by molar-refractivity contribution is 5.80. The fourth-order valence-electron chi connectivity index (χ4n) is 3.86. The van der Waals surface area contributed by atoms with Gasteiger partial charge in [-0.05, 0) is 42.0 Å². The Balaban J connectivity index is 1.32. The van der Waals surface area contributed by atoms with Crippen LogP contribution in [0.25, 0.3) is 11.1 Å². The number of aliphatic carboxylic acids is 1. The molecule has 33 heavy (non-hydrogen) atoms. The Morgan fingerprint density at radius 2 is 1.55 bits per heavy atom. The largest absolute Gasteiger partial charge is 0.479 e. The zero-order chi connectivity index (χ0) is 23.8. The van der Waals surface area contributed by atoms with Gasteiger partial charge in [-0.25, -0.2) is 9.59 Å². The molecule has 4 N–H and O–H groups in total. The normalized spacial score (nSPS) is 14.0. The van der Waals surface area contributed by atoms with Crippen LogP contribution in [0.4, 0.5) is 4.79 Å². The molecule has 0 spiro atoms. The predicted octanol–water partition coefficient (Wildman–Crippen LogP) is 3.04. The van der Waals surface area contributed by atoms with Gasteiger partial charge in [0, 0.05) is 18.9 Å². The first kappa shape index (κ1) is 24.3. The van der Waals surface area contributed by atoms with E-state index in [-0.39, 0.29) is 31.4 Å². The maximum atomic E-state index is 12.1. The first-order valence-corrected chi connectivity index (χ1v) is 11.1. The van der Waals surface area contributed by atoms with Gasteiger partial charge in [0.2, 0.25) is 5.91 Å². The monoisotopic (exact) mass is 454 g/mol. The molecule has 1 atom stereocenters. The molecule has 176 valence electrons. The quantitative estimate of drug-likeness (QED) is 0.387. The fraction of sp³-hybridized carbons (Fsp3) is 0.400. The molecule has 3 rings (SSSR count). The molecule has 8 heteroatoms. The third-order valence-corrected chi connectivity index (χ3v) is 5.78. The number of hydrogen-bond acceptors (Lipinski definition) is 5. The fourth-order valence-corrected chi connectivity index (χ4v) is 3.86. The van der Waals surface area contributed by atoms with Crippen molar-refractivity contribution in [3.63, 3.8) is 0 Å². The summed E-state index contributed by atoms with van der Waals surface area (Å²) in [6.07, 6.45) is 1.75. The van der Waals surface area contributed by atoms with Crippen molar-refractivity contribution in [3.8, 4) is 11.1 Å². The minimum Gasteiger partial charge on any atom is -0.479 e. The number of hydrogen-bond donors (Lipinski definition) is 4. The molecule has 0 aromatic heterocycles. The van der Waals surface area contributed by atoms with Crippen molar-refractivity contribution in [2.45, 2.75) is 44.1 Å². The molecule has 1 aliphatic carbocycles. The van der Waals surface area contributed by atoms with Crippen molar-refractivity contribution < 1.29 is 29.3 Å². The Kier molecular flexibility index (Phi) is 8.06. The summed E-state index contributed by atoms with van der Waals surface area (Å²) in [5.41, 5.74) is 2.70. The third kappa shape index (κ3) is 6.32. The van der Waals surface area contributed by atoms with Crippen LogP contribution in [0.3, 0.4) is 0 Å². The van der Waals surface area contributed by atoms with E-state index in [2.05, 4.69) is 34.9 Å². The lowest BCUT2D eigenvalue weighted by Gasteiger charge is -2.18. The van der Waals surface area contributed by atoms with Gasteiger partial charge < -0.3 is 25.6 Å². The standard InChI is InChI=1S/C25H30N2O6/c1-25(32,23(29)30)16-27-22(28)13-3-2-8-14-26-24(31)33-15-21-19-11-6-4-9-17(19)18-10-5-7-12-20(18)21/h4-7,9-12,21,32H,2-3,8,13-16H2,1H3,(H,26,31)(H,27,28)(H,29,30). The van der Waals surface area contributed by atoms with Crippen molar-refractivity contribution >= 4 is 18.0 Å². The number of carboxylic acid groups (broad SMARTS) is 1. The molecule has 0 radical (unpaired) electrons. The highest BCUT2D eigenvalue weighted by atomic mass is 16.5. The average Bonchev–Trinajstić information content (AvgIpc) is 3.12. The SMILES string of the molecule is CC(O)(CNC(=O)CCCCCNC(=O)OCC1c2ccccc2-c2ccccc21)C(=O)O. The Morgan fingerprint density at radius 3 is 2.15 bits per heavy atom. The molecule has 0 saturated carbocycles. The Bertz CT molecular complexity index is 958. The summed E-state index contributed by atoms with van der Waals surface area (Å²) in [4.78, 5) is 34.7. The van der Waals surface area contributed by atoms with Crippen LogP contribution < -0.4 is 10.6 Å². The van der Waals surface area contributed by atoms with E-state index in [9.17, 15) is 19.5 Å². The summed E-state index contributed by atoms with van der Waals surface area (Å²) in [7, 11) is 0. The van der Waals surface area contributed by atoms with Crippen molar-refractivity contribution in [2.75, 3.05) is 19.7 Å². The van der Waals surface area contributed by atoms with Crippen LogP contribution >= 0.6 is 0 Å². The Morgan fingerprint density at radius 1 is 0.939 bits per heavy atom. The molecule has 8 nitrogen and oxygen atoms in total. The lowest BCUT2D eigenvalue weighted by atomic mass is 9.98. The summed E-state index contributed by atoms with van der Waals surface area (Å²) in [6.45, 7) is 1.49. The van der Waals surface area contributed by atoms with Crippen LogP contribution in [0.2, 0.25) is 0 Å². The van der Waals surface area contributed by atoms with Gasteiger partial charge in [0.05, 0.1) is 6.54 Å². The van der Waals surface area contributed by atoms with Crippen LogP contribution in [-0.2, 0) is 14.3 Å². The summed E-state index contributed by atoms with van der Waals surface area (Å²) >= 11 is 0. The minimum atomic E-state index is -1.98. The van der Waals surface area contributed by atoms with Crippen LogP contribution in [0.5, 0.6) is 0 Å². The maximum Gasteiger partial charge on any atom is 0.407 e. The van der Waals surface area contributed by atoms with E-state index in [0.29, 0.717) is 25.8 Å². The van der Waals surface area contributed by atoms with Crippen LogP contribution in [0.1, 0.15) is 49.7 Å². The van der Waals surface area contributed by atoms with Crippen LogP contribution in [0.15, 0.2) is 48.5 Å². The smallest absolute Gasteiger partial charge is 0.407 e. The molecule has 1 aliphatic rings. The molecule has 0 saturated heterocycles. The van der Waals surface area contributed by atoms with Crippen molar-refractivity contribution in [1.29, 1.82) is 0 Å². The van der Waals surface area contributed by atoms with Gasteiger partial charge in [0.15, 0.2) is 5.60 Å². The molecule has 1 unspecified atom stereocenters. The van der Waals surface area contributed by atoms with Crippen molar-refractivity contribution in [1.82, 2.24) is 10.6 Å². The number of unbranched alkanes of at least 4 members (excludes halogenated alkanes) is 2. The first-order chi connectivity index (χ1) is 15.8. The van der Waals surface area contributed by atoms with Crippen LogP contribution in [-0.4, -0.2) is 53.5 Å². The van der Waals surface area contributed by atoms with Gasteiger partial charge in [-0.1, -0.05) is 55.0 Å². The molecule has 0 aliphatic heterocycles. The van der Waals surface area contributed by atoms with Gasteiger partial charge in [-0.3, -0.25) is 4.79 Å². The lowest BCUT2D eigenvalue weighted by Crippen LogP contribution is -2.46. The number of carbonyl (C=O) groups is 3. The number of nitrogens with one attached hydrogen (secondary N) is 2. The second-order valence-electron chi connectivity index (χ2n) is 8.42. The number of carbonyl (C=O) groups excluding carboxylic acids is 2. The van der Waals surface area contributed by atoms with E-state index in [0.717, 1.165) is 18.1 Å². The molecular weight excluding hydrogens is 424 g/mol. The zero-order valence-electron chi connectivity index (χ0n) is 18.7. The number of carboxylic acids is 1. The van der Waals surface area contributed by atoms with E-state index in [1.54, 1.807) is 0 Å². The lowest BCUT2D eigenvalue weighted by molar-refractivity contribution is -0.156. The molecule has 0 bridgehead atoms.